The van der Waals surface area contributed by atoms with E-state index in [-0.39, 0.29) is 23.8 Å². The van der Waals surface area contributed by atoms with Crippen molar-refractivity contribution in [2.24, 2.45) is 11.7 Å². The summed E-state index contributed by atoms with van der Waals surface area (Å²) >= 11 is 1.48. The van der Waals surface area contributed by atoms with Gasteiger partial charge >= 0.3 is 6.18 Å². The van der Waals surface area contributed by atoms with Crippen LogP contribution in [0, 0.1) is 5.92 Å². The highest BCUT2D eigenvalue weighted by Crippen LogP contribution is 2.36. The van der Waals surface area contributed by atoms with Gasteiger partial charge in [0.25, 0.3) is 0 Å². The van der Waals surface area contributed by atoms with Crippen molar-refractivity contribution in [3.05, 3.63) is 29.3 Å². The zero-order valence-electron chi connectivity index (χ0n) is 11.4. The van der Waals surface area contributed by atoms with E-state index in [1.165, 1.54) is 17.8 Å². The zero-order chi connectivity index (χ0) is 14.6. The molecule has 0 fully saturated rings. The lowest BCUT2D eigenvalue weighted by Crippen LogP contribution is -2.13. The Morgan fingerprint density at radius 1 is 1.21 bits per heavy atom. The van der Waals surface area contributed by atoms with E-state index in [9.17, 15) is 13.2 Å². The summed E-state index contributed by atoms with van der Waals surface area (Å²) < 4.78 is 39.0. The van der Waals surface area contributed by atoms with Crippen molar-refractivity contribution in [1.29, 1.82) is 0 Å². The normalized spacial score (nSPS) is 13.9. The molecule has 5 heteroatoms. The number of alkyl halides is 3. The van der Waals surface area contributed by atoms with Gasteiger partial charge in [0.15, 0.2) is 0 Å². The van der Waals surface area contributed by atoms with Gasteiger partial charge in [0.2, 0.25) is 0 Å². The Hall–Kier alpha value is -0.680. The van der Waals surface area contributed by atoms with E-state index < -0.39 is 11.7 Å². The molecule has 1 aromatic carbocycles. The van der Waals surface area contributed by atoms with Gasteiger partial charge in [-0.05, 0) is 36.6 Å². The SMILES string of the molecule is CC(C)C(C)Sc1ccc(CCN)c(C(F)(F)F)c1. The van der Waals surface area contributed by atoms with Gasteiger partial charge in [-0.25, -0.2) is 0 Å². The van der Waals surface area contributed by atoms with E-state index in [1.54, 1.807) is 12.1 Å². The third-order valence-corrected chi connectivity index (χ3v) is 4.50. The highest BCUT2D eigenvalue weighted by molar-refractivity contribution is 8.00. The zero-order valence-corrected chi connectivity index (χ0v) is 12.2. The molecule has 0 amide bonds. The lowest BCUT2D eigenvalue weighted by molar-refractivity contribution is -0.138. The Morgan fingerprint density at radius 3 is 2.32 bits per heavy atom. The van der Waals surface area contributed by atoms with Crippen LogP contribution in [0.2, 0.25) is 0 Å². The molecule has 0 radical (unpaired) electrons. The maximum atomic E-state index is 13.0. The van der Waals surface area contributed by atoms with Gasteiger partial charge in [-0.2, -0.15) is 13.2 Å². The molecule has 0 bridgehead atoms. The molecule has 108 valence electrons. The molecule has 0 saturated carbocycles. The van der Waals surface area contributed by atoms with Gasteiger partial charge in [-0.3, -0.25) is 0 Å². The van der Waals surface area contributed by atoms with Crippen LogP contribution in [0.1, 0.15) is 31.9 Å². The molecular formula is C14H20F3NS. The monoisotopic (exact) mass is 291 g/mol. The summed E-state index contributed by atoms with van der Waals surface area (Å²) in [6, 6.07) is 4.55. The second kappa shape index (κ2) is 6.66. The Labute approximate surface area is 116 Å². The molecule has 1 aromatic rings. The molecule has 1 unspecified atom stereocenters. The fourth-order valence-corrected chi connectivity index (χ4v) is 2.65. The van der Waals surface area contributed by atoms with Crippen molar-refractivity contribution < 1.29 is 13.2 Å². The molecule has 2 N–H and O–H groups in total. The number of hydrogen-bond acceptors (Lipinski definition) is 2. The maximum Gasteiger partial charge on any atom is 0.416 e. The number of halogens is 3. The van der Waals surface area contributed by atoms with Crippen molar-refractivity contribution in [2.75, 3.05) is 6.54 Å². The van der Waals surface area contributed by atoms with Crippen LogP contribution in [0.25, 0.3) is 0 Å². The molecule has 1 atom stereocenters. The maximum absolute atomic E-state index is 13.0. The highest BCUT2D eigenvalue weighted by Gasteiger charge is 2.33. The molecular weight excluding hydrogens is 271 g/mol. The summed E-state index contributed by atoms with van der Waals surface area (Å²) in [5.41, 5.74) is 5.08. The lowest BCUT2D eigenvalue weighted by Gasteiger charge is -2.18. The van der Waals surface area contributed by atoms with Crippen molar-refractivity contribution in [3.63, 3.8) is 0 Å². The summed E-state index contributed by atoms with van der Waals surface area (Å²) in [5, 5.41) is 0.279. The molecule has 0 heterocycles. The predicted octanol–water partition coefficient (Wildman–Crippen LogP) is 4.34. The van der Waals surface area contributed by atoms with Gasteiger partial charge < -0.3 is 5.73 Å². The topological polar surface area (TPSA) is 26.0 Å². The van der Waals surface area contributed by atoms with Crippen molar-refractivity contribution in [1.82, 2.24) is 0 Å². The number of nitrogens with two attached hydrogens (primary N) is 1. The van der Waals surface area contributed by atoms with Crippen LogP contribution >= 0.6 is 11.8 Å². The quantitative estimate of drug-likeness (QED) is 0.817. The molecule has 0 aliphatic carbocycles. The fraction of sp³-hybridized carbons (Fsp3) is 0.571. The molecule has 0 spiro atoms. The van der Waals surface area contributed by atoms with Crippen LogP contribution in [-0.4, -0.2) is 11.8 Å². The molecule has 0 aromatic heterocycles. The molecule has 1 rings (SSSR count). The second-order valence-electron chi connectivity index (χ2n) is 4.92. The Kier molecular flexibility index (Phi) is 5.74. The number of hydrogen-bond donors (Lipinski definition) is 1. The minimum absolute atomic E-state index is 0.220. The smallest absolute Gasteiger partial charge is 0.330 e. The average molecular weight is 291 g/mol. The molecule has 19 heavy (non-hydrogen) atoms. The van der Waals surface area contributed by atoms with Gasteiger partial charge in [0, 0.05) is 10.1 Å². The first-order valence-electron chi connectivity index (χ1n) is 6.32. The first-order valence-corrected chi connectivity index (χ1v) is 7.20. The molecule has 1 nitrogen and oxygen atoms in total. The van der Waals surface area contributed by atoms with Gasteiger partial charge in [-0.1, -0.05) is 26.8 Å². The van der Waals surface area contributed by atoms with Gasteiger partial charge in [0.1, 0.15) is 0 Å². The van der Waals surface area contributed by atoms with Crippen molar-refractivity contribution in [3.8, 4) is 0 Å². The molecule has 0 saturated heterocycles. The largest absolute Gasteiger partial charge is 0.416 e. The lowest BCUT2D eigenvalue weighted by atomic mass is 10.0. The Morgan fingerprint density at radius 2 is 1.84 bits per heavy atom. The van der Waals surface area contributed by atoms with Crippen LogP contribution < -0.4 is 5.73 Å². The number of benzene rings is 1. The van der Waals surface area contributed by atoms with E-state index in [0.717, 1.165) is 0 Å². The summed E-state index contributed by atoms with van der Waals surface area (Å²) in [6.07, 6.45) is -4.07. The number of rotatable bonds is 5. The van der Waals surface area contributed by atoms with E-state index in [4.69, 9.17) is 5.73 Å². The first kappa shape index (κ1) is 16.4. The van der Waals surface area contributed by atoms with Gasteiger partial charge in [-0.15, -0.1) is 11.8 Å². The Bertz CT molecular complexity index is 416. The van der Waals surface area contributed by atoms with E-state index in [0.29, 0.717) is 10.8 Å². The van der Waals surface area contributed by atoms with Crippen molar-refractivity contribution in [2.45, 2.75) is 43.5 Å². The second-order valence-corrected chi connectivity index (χ2v) is 6.37. The molecule has 0 aliphatic heterocycles. The van der Waals surface area contributed by atoms with Crippen LogP contribution in [-0.2, 0) is 12.6 Å². The minimum Gasteiger partial charge on any atom is -0.330 e. The van der Waals surface area contributed by atoms with E-state index in [1.807, 2.05) is 6.92 Å². The summed E-state index contributed by atoms with van der Waals surface area (Å²) in [5.74, 6) is 0.419. The third kappa shape index (κ3) is 4.73. The predicted molar refractivity (Wildman–Crippen MR) is 74.4 cm³/mol. The molecule has 0 aliphatic rings. The fourth-order valence-electron chi connectivity index (χ4n) is 1.62. The third-order valence-electron chi connectivity index (χ3n) is 3.06. The summed E-state index contributed by atoms with van der Waals surface area (Å²) in [4.78, 5) is 0.661. The van der Waals surface area contributed by atoms with Crippen LogP contribution in [0.15, 0.2) is 23.1 Å². The first-order chi connectivity index (χ1) is 8.75. The van der Waals surface area contributed by atoms with Crippen LogP contribution in [0.3, 0.4) is 0 Å². The summed E-state index contributed by atoms with van der Waals surface area (Å²) in [6.45, 7) is 6.37. The Balaban J connectivity index is 3.05. The van der Waals surface area contributed by atoms with E-state index in [2.05, 4.69) is 13.8 Å². The highest BCUT2D eigenvalue weighted by atomic mass is 32.2. The minimum atomic E-state index is -4.32. The standard InChI is InChI=1S/C14H20F3NS/c1-9(2)10(3)19-12-5-4-11(6-7-18)13(8-12)14(15,16)17/h4-5,8-10H,6-7,18H2,1-3H3. The average Bonchev–Trinajstić information content (AvgIpc) is 2.29. The van der Waals surface area contributed by atoms with Gasteiger partial charge in [0.05, 0.1) is 5.56 Å². The van der Waals surface area contributed by atoms with Crippen LogP contribution in [0.5, 0.6) is 0 Å². The number of thioether (sulfide) groups is 1. The van der Waals surface area contributed by atoms with Crippen LogP contribution in [0.4, 0.5) is 13.2 Å². The summed E-state index contributed by atoms with van der Waals surface area (Å²) in [7, 11) is 0. The van der Waals surface area contributed by atoms with E-state index >= 15 is 0 Å². The van der Waals surface area contributed by atoms with Crippen molar-refractivity contribution >= 4 is 11.8 Å².